The van der Waals surface area contributed by atoms with Crippen molar-refractivity contribution in [1.29, 1.82) is 0 Å². The molecule has 0 N–H and O–H groups in total. The molecular weight excluding hydrogens is 424 g/mol. The minimum absolute atomic E-state index is 0.210. The largest absolute Gasteiger partial charge is 0.497 e. The van der Waals surface area contributed by atoms with Crippen molar-refractivity contribution in [2.45, 2.75) is 43.5 Å². The molecular formula is C24H26N4O3S. The van der Waals surface area contributed by atoms with Gasteiger partial charge in [0.1, 0.15) is 11.3 Å². The predicted octanol–water partition coefficient (Wildman–Crippen LogP) is 5.00. The van der Waals surface area contributed by atoms with Gasteiger partial charge in [-0.05, 0) is 55.7 Å². The summed E-state index contributed by atoms with van der Waals surface area (Å²) in [7, 11) is 1.67. The number of rotatable bonds is 9. The number of hydrogen-bond donors (Lipinski definition) is 0. The standard InChI is InChI=1S/C24H26N4O3S/c1-29-18-12-10-17(11-13-18)23-26-27-24(28(23)16-19-6-4-14-30-19)32-15-5-9-22-25-20-7-2-3-8-21(20)31-22/h2-3,7-8,10-13,19H,4-6,9,14-16H2,1H3. The molecule has 0 bridgehead atoms. The van der Waals surface area contributed by atoms with Gasteiger partial charge in [0.05, 0.1) is 19.8 Å². The highest BCUT2D eigenvalue weighted by Gasteiger charge is 2.22. The lowest BCUT2D eigenvalue weighted by Gasteiger charge is -2.15. The van der Waals surface area contributed by atoms with Crippen LogP contribution in [0.3, 0.4) is 0 Å². The number of benzene rings is 2. The first-order chi connectivity index (χ1) is 15.8. The topological polar surface area (TPSA) is 75.2 Å². The van der Waals surface area contributed by atoms with Crippen molar-refractivity contribution in [3.8, 4) is 17.1 Å². The van der Waals surface area contributed by atoms with E-state index in [4.69, 9.17) is 13.9 Å². The maximum absolute atomic E-state index is 5.89. The van der Waals surface area contributed by atoms with E-state index in [9.17, 15) is 0 Å². The lowest BCUT2D eigenvalue weighted by Crippen LogP contribution is -2.16. The fraction of sp³-hybridized carbons (Fsp3) is 0.375. The maximum atomic E-state index is 5.89. The number of ether oxygens (including phenoxy) is 2. The Balaban J connectivity index is 1.27. The van der Waals surface area contributed by atoms with Gasteiger partial charge in [0.2, 0.25) is 0 Å². The number of para-hydroxylation sites is 2. The van der Waals surface area contributed by atoms with Crippen LogP contribution in [0.15, 0.2) is 58.1 Å². The molecule has 3 heterocycles. The predicted molar refractivity (Wildman–Crippen MR) is 124 cm³/mol. The van der Waals surface area contributed by atoms with E-state index in [-0.39, 0.29) is 6.10 Å². The molecule has 1 atom stereocenters. The SMILES string of the molecule is COc1ccc(-c2nnc(SCCCc3nc4ccccc4o3)n2CC2CCCO2)cc1. The van der Waals surface area contributed by atoms with E-state index < -0.39 is 0 Å². The molecule has 1 unspecified atom stereocenters. The van der Waals surface area contributed by atoms with Gasteiger partial charge in [-0.1, -0.05) is 23.9 Å². The van der Waals surface area contributed by atoms with E-state index in [2.05, 4.69) is 19.7 Å². The van der Waals surface area contributed by atoms with Gasteiger partial charge in [-0.15, -0.1) is 10.2 Å². The summed E-state index contributed by atoms with van der Waals surface area (Å²) in [5.41, 5.74) is 2.78. The number of aryl methyl sites for hydroxylation is 1. The van der Waals surface area contributed by atoms with Gasteiger partial charge in [0.15, 0.2) is 22.5 Å². The van der Waals surface area contributed by atoms with Crippen molar-refractivity contribution in [1.82, 2.24) is 19.7 Å². The summed E-state index contributed by atoms with van der Waals surface area (Å²) in [5.74, 6) is 3.38. The molecule has 8 heteroatoms. The number of nitrogens with zero attached hydrogens (tertiary/aromatic N) is 4. The molecule has 0 amide bonds. The fourth-order valence-corrected chi connectivity index (χ4v) is 4.81. The minimum atomic E-state index is 0.210. The molecule has 1 aliphatic heterocycles. The molecule has 0 spiro atoms. The number of hydrogen-bond acceptors (Lipinski definition) is 7. The van der Waals surface area contributed by atoms with Crippen LogP contribution in [0.5, 0.6) is 5.75 Å². The minimum Gasteiger partial charge on any atom is -0.497 e. The molecule has 2 aromatic carbocycles. The third-order valence-electron chi connectivity index (χ3n) is 5.58. The van der Waals surface area contributed by atoms with Crippen molar-refractivity contribution < 1.29 is 13.9 Å². The Morgan fingerprint density at radius 2 is 2.00 bits per heavy atom. The summed E-state index contributed by atoms with van der Waals surface area (Å²) in [4.78, 5) is 4.57. The van der Waals surface area contributed by atoms with Crippen molar-refractivity contribution in [2.24, 2.45) is 0 Å². The number of thioether (sulfide) groups is 1. The summed E-state index contributed by atoms with van der Waals surface area (Å²) in [6.45, 7) is 1.60. The first kappa shape index (κ1) is 21.0. The Kier molecular flexibility index (Phi) is 6.41. The average molecular weight is 451 g/mol. The van der Waals surface area contributed by atoms with Crippen LogP contribution in [0.25, 0.3) is 22.5 Å². The van der Waals surface area contributed by atoms with Crippen LogP contribution in [0.4, 0.5) is 0 Å². The molecule has 1 aliphatic rings. The highest BCUT2D eigenvalue weighted by molar-refractivity contribution is 7.99. The maximum Gasteiger partial charge on any atom is 0.195 e. The summed E-state index contributed by atoms with van der Waals surface area (Å²) in [6, 6.07) is 15.8. The summed E-state index contributed by atoms with van der Waals surface area (Å²) < 4.78 is 19.2. The van der Waals surface area contributed by atoms with Gasteiger partial charge in [-0.25, -0.2) is 4.98 Å². The third-order valence-corrected chi connectivity index (χ3v) is 6.63. The second-order valence-electron chi connectivity index (χ2n) is 7.81. The van der Waals surface area contributed by atoms with Crippen LogP contribution in [0.2, 0.25) is 0 Å². The highest BCUT2D eigenvalue weighted by atomic mass is 32.2. The number of oxazole rings is 1. The highest BCUT2D eigenvalue weighted by Crippen LogP contribution is 2.28. The van der Waals surface area contributed by atoms with Crippen LogP contribution in [0.1, 0.15) is 25.2 Å². The summed E-state index contributed by atoms with van der Waals surface area (Å²) in [5, 5.41) is 9.94. The molecule has 0 saturated carbocycles. The van der Waals surface area contributed by atoms with Crippen molar-refractivity contribution in [3.05, 3.63) is 54.4 Å². The smallest absolute Gasteiger partial charge is 0.195 e. The van der Waals surface area contributed by atoms with E-state index >= 15 is 0 Å². The van der Waals surface area contributed by atoms with E-state index in [1.807, 2.05) is 48.5 Å². The second-order valence-corrected chi connectivity index (χ2v) is 8.87. The fourth-order valence-electron chi connectivity index (χ4n) is 3.92. The van der Waals surface area contributed by atoms with Crippen LogP contribution in [0, 0.1) is 0 Å². The molecule has 1 fully saturated rings. The van der Waals surface area contributed by atoms with E-state index in [0.717, 1.165) is 83.9 Å². The van der Waals surface area contributed by atoms with Crippen LogP contribution >= 0.6 is 11.8 Å². The number of aromatic nitrogens is 4. The second kappa shape index (κ2) is 9.75. The van der Waals surface area contributed by atoms with Gasteiger partial charge in [-0.2, -0.15) is 0 Å². The van der Waals surface area contributed by atoms with Crippen LogP contribution < -0.4 is 4.74 Å². The van der Waals surface area contributed by atoms with Crippen molar-refractivity contribution >= 4 is 22.9 Å². The average Bonchev–Trinajstić information content (AvgIpc) is 3.57. The van der Waals surface area contributed by atoms with E-state index in [1.165, 1.54) is 0 Å². The molecule has 4 aromatic rings. The molecule has 0 aliphatic carbocycles. The van der Waals surface area contributed by atoms with Gasteiger partial charge in [0.25, 0.3) is 0 Å². The summed E-state index contributed by atoms with van der Waals surface area (Å²) >= 11 is 1.72. The molecule has 5 rings (SSSR count). The number of methoxy groups -OCH3 is 1. The zero-order valence-electron chi connectivity index (χ0n) is 18.1. The Bertz CT molecular complexity index is 1130. The first-order valence-corrected chi connectivity index (χ1v) is 12.0. The molecule has 166 valence electrons. The van der Waals surface area contributed by atoms with E-state index in [1.54, 1.807) is 18.9 Å². The Morgan fingerprint density at radius 1 is 1.12 bits per heavy atom. The van der Waals surface area contributed by atoms with Crippen LogP contribution in [-0.4, -0.2) is 45.3 Å². The van der Waals surface area contributed by atoms with Crippen molar-refractivity contribution in [2.75, 3.05) is 19.5 Å². The third kappa shape index (κ3) is 4.66. The van der Waals surface area contributed by atoms with Crippen LogP contribution in [-0.2, 0) is 17.7 Å². The zero-order chi connectivity index (χ0) is 21.8. The van der Waals surface area contributed by atoms with Crippen molar-refractivity contribution in [3.63, 3.8) is 0 Å². The van der Waals surface area contributed by atoms with Gasteiger partial charge < -0.3 is 13.9 Å². The molecule has 7 nitrogen and oxygen atoms in total. The lowest BCUT2D eigenvalue weighted by molar-refractivity contribution is 0.0953. The molecule has 1 saturated heterocycles. The Hall–Kier alpha value is -2.84. The number of fused-ring (bicyclic) bond motifs is 1. The molecule has 32 heavy (non-hydrogen) atoms. The first-order valence-electron chi connectivity index (χ1n) is 11.0. The molecule has 0 radical (unpaired) electrons. The Labute approximate surface area is 191 Å². The van der Waals surface area contributed by atoms with Gasteiger partial charge in [-0.3, -0.25) is 4.57 Å². The zero-order valence-corrected chi connectivity index (χ0v) is 18.9. The monoisotopic (exact) mass is 450 g/mol. The van der Waals surface area contributed by atoms with E-state index in [0.29, 0.717) is 0 Å². The lowest BCUT2D eigenvalue weighted by atomic mass is 10.2. The quantitative estimate of drug-likeness (QED) is 0.262. The van der Waals surface area contributed by atoms with Gasteiger partial charge >= 0.3 is 0 Å². The summed E-state index contributed by atoms with van der Waals surface area (Å²) in [6.07, 6.45) is 4.14. The molecule has 2 aromatic heterocycles. The van der Waals surface area contributed by atoms with Gasteiger partial charge in [0, 0.05) is 24.3 Å². The normalized spacial score (nSPS) is 16.1. The Morgan fingerprint density at radius 3 is 2.78 bits per heavy atom.